The van der Waals surface area contributed by atoms with Crippen LogP contribution in [0.1, 0.15) is 12.5 Å². The minimum absolute atomic E-state index is 0.701. The van der Waals surface area contributed by atoms with Crippen molar-refractivity contribution in [2.45, 2.75) is 18.4 Å². The zero-order chi connectivity index (χ0) is 17.1. The van der Waals surface area contributed by atoms with Crippen molar-refractivity contribution in [3.8, 4) is 22.6 Å². The molecule has 0 saturated carbocycles. The Labute approximate surface area is 156 Å². The molecule has 0 aliphatic rings. The lowest BCUT2D eigenvalue weighted by Crippen LogP contribution is -2.01. The maximum atomic E-state index is 6.02. The van der Waals surface area contributed by atoms with E-state index in [2.05, 4.69) is 6.92 Å². The van der Waals surface area contributed by atoms with Crippen molar-refractivity contribution in [1.29, 1.82) is 0 Å². The van der Waals surface area contributed by atoms with Crippen LogP contribution in [0, 0.1) is 0 Å². The third-order valence-electron chi connectivity index (χ3n) is 3.74. The van der Waals surface area contributed by atoms with Gasteiger partial charge in [-0.2, -0.15) is 0 Å². The van der Waals surface area contributed by atoms with E-state index in [0.29, 0.717) is 15.9 Å². The second kappa shape index (κ2) is 7.56. The molecule has 0 radical (unpaired) electrons. The van der Waals surface area contributed by atoms with Gasteiger partial charge in [-0.1, -0.05) is 42.3 Å². The molecule has 0 aliphatic heterocycles. The summed E-state index contributed by atoms with van der Waals surface area (Å²) < 4.78 is 0. The molecule has 5 heteroatoms. The van der Waals surface area contributed by atoms with Crippen LogP contribution in [-0.2, 0) is 6.42 Å². The fourth-order valence-corrected chi connectivity index (χ4v) is 3.44. The molecule has 3 rings (SSSR count). The van der Waals surface area contributed by atoms with Crippen molar-refractivity contribution in [3.63, 3.8) is 0 Å². The summed E-state index contributed by atoms with van der Waals surface area (Å²) in [7, 11) is 0. The quantitative estimate of drug-likeness (QED) is 0.390. The smallest absolute Gasteiger partial charge is 0.161 e. The Bertz CT molecular complexity index is 846. The molecular formula is C19H16Cl2N2S. The molecule has 2 aromatic carbocycles. The fourth-order valence-electron chi connectivity index (χ4n) is 2.53. The summed E-state index contributed by atoms with van der Waals surface area (Å²) in [5, 5.41) is 2.42. The predicted octanol–water partition coefficient (Wildman–Crippen LogP) is 6.40. The van der Waals surface area contributed by atoms with Gasteiger partial charge in [-0.3, -0.25) is 0 Å². The number of rotatable bonds is 4. The largest absolute Gasteiger partial charge is 0.228 e. The zero-order valence-corrected chi connectivity index (χ0v) is 15.7. The van der Waals surface area contributed by atoms with Crippen LogP contribution in [0.4, 0.5) is 0 Å². The van der Waals surface area contributed by atoms with E-state index in [4.69, 9.17) is 33.2 Å². The van der Waals surface area contributed by atoms with Crippen molar-refractivity contribution in [2.75, 3.05) is 6.26 Å². The van der Waals surface area contributed by atoms with Crippen LogP contribution < -0.4 is 0 Å². The van der Waals surface area contributed by atoms with Crippen LogP contribution in [0.3, 0.4) is 0 Å². The first-order valence-electron chi connectivity index (χ1n) is 7.59. The number of halogens is 2. The standard InChI is InChI=1S/C19H16Cl2N2S/c1-3-16-17(12-4-8-14(20)9-5-12)22-18(23-19(16)24-2)13-6-10-15(21)11-7-13/h4-11H,3H2,1-2H3. The minimum atomic E-state index is 0.701. The molecule has 0 amide bonds. The molecule has 122 valence electrons. The van der Waals surface area contributed by atoms with Crippen molar-refractivity contribution in [3.05, 3.63) is 64.1 Å². The zero-order valence-electron chi connectivity index (χ0n) is 13.4. The topological polar surface area (TPSA) is 25.8 Å². The van der Waals surface area contributed by atoms with Crippen molar-refractivity contribution in [2.24, 2.45) is 0 Å². The number of hydrogen-bond donors (Lipinski definition) is 0. The Kier molecular flexibility index (Phi) is 5.44. The third kappa shape index (κ3) is 3.59. The lowest BCUT2D eigenvalue weighted by Gasteiger charge is -2.13. The lowest BCUT2D eigenvalue weighted by molar-refractivity contribution is 0.959. The van der Waals surface area contributed by atoms with Crippen molar-refractivity contribution >= 4 is 35.0 Å². The number of benzene rings is 2. The number of thioether (sulfide) groups is 1. The first-order chi connectivity index (χ1) is 11.6. The fraction of sp³-hybridized carbons (Fsp3) is 0.158. The normalized spacial score (nSPS) is 10.8. The summed E-state index contributed by atoms with van der Waals surface area (Å²) in [6.07, 6.45) is 2.91. The van der Waals surface area contributed by atoms with Crippen molar-refractivity contribution < 1.29 is 0 Å². The Morgan fingerprint density at radius 3 is 1.88 bits per heavy atom. The molecule has 3 aromatic rings. The van der Waals surface area contributed by atoms with Crippen LogP contribution in [-0.4, -0.2) is 16.2 Å². The van der Waals surface area contributed by atoms with Gasteiger partial charge in [-0.15, -0.1) is 11.8 Å². The Balaban J connectivity index is 2.20. The Hall–Kier alpha value is -1.55. The summed E-state index contributed by atoms with van der Waals surface area (Å²) in [6.45, 7) is 2.12. The monoisotopic (exact) mass is 374 g/mol. The molecule has 24 heavy (non-hydrogen) atoms. The van der Waals surface area contributed by atoms with E-state index in [1.165, 1.54) is 0 Å². The Morgan fingerprint density at radius 2 is 1.38 bits per heavy atom. The van der Waals surface area contributed by atoms with Gasteiger partial charge in [-0.25, -0.2) is 9.97 Å². The van der Waals surface area contributed by atoms with Gasteiger partial charge in [0.2, 0.25) is 0 Å². The third-order valence-corrected chi connectivity index (χ3v) is 4.96. The molecule has 0 atom stereocenters. The van der Waals surface area contributed by atoms with E-state index in [-0.39, 0.29) is 0 Å². The van der Waals surface area contributed by atoms with Gasteiger partial charge in [0.1, 0.15) is 5.03 Å². The van der Waals surface area contributed by atoms with Crippen LogP contribution in [0.5, 0.6) is 0 Å². The lowest BCUT2D eigenvalue weighted by atomic mass is 10.0. The number of nitrogens with zero attached hydrogens (tertiary/aromatic N) is 2. The average molecular weight is 375 g/mol. The van der Waals surface area contributed by atoms with E-state index in [1.54, 1.807) is 11.8 Å². The summed E-state index contributed by atoms with van der Waals surface area (Å²) >= 11 is 13.7. The van der Waals surface area contributed by atoms with Crippen LogP contribution >= 0.6 is 35.0 Å². The van der Waals surface area contributed by atoms with Gasteiger partial charge < -0.3 is 0 Å². The highest BCUT2D eigenvalue weighted by atomic mass is 35.5. The first kappa shape index (κ1) is 17.3. The van der Waals surface area contributed by atoms with Gasteiger partial charge in [-0.05, 0) is 49.1 Å². The molecule has 0 saturated heterocycles. The van der Waals surface area contributed by atoms with E-state index in [1.807, 2.05) is 54.8 Å². The van der Waals surface area contributed by atoms with E-state index in [9.17, 15) is 0 Å². The van der Waals surface area contributed by atoms with Gasteiger partial charge >= 0.3 is 0 Å². The minimum Gasteiger partial charge on any atom is -0.228 e. The molecule has 0 unspecified atom stereocenters. The summed E-state index contributed by atoms with van der Waals surface area (Å²) in [4.78, 5) is 9.59. The highest BCUT2D eigenvalue weighted by Crippen LogP contribution is 2.32. The van der Waals surface area contributed by atoms with Crippen molar-refractivity contribution in [1.82, 2.24) is 9.97 Å². The molecule has 0 bridgehead atoms. The molecule has 0 fully saturated rings. The Morgan fingerprint density at radius 1 is 0.833 bits per heavy atom. The van der Waals surface area contributed by atoms with Gasteiger partial charge in [0, 0.05) is 26.7 Å². The summed E-state index contributed by atoms with van der Waals surface area (Å²) in [6, 6.07) is 15.4. The molecule has 0 spiro atoms. The summed E-state index contributed by atoms with van der Waals surface area (Å²) in [5.41, 5.74) is 4.11. The highest BCUT2D eigenvalue weighted by Gasteiger charge is 2.15. The number of aromatic nitrogens is 2. The van der Waals surface area contributed by atoms with Crippen LogP contribution in [0.25, 0.3) is 22.6 Å². The average Bonchev–Trinajstić information content (AvgIpc) is 2.62. The second-order valence-corrected chi connectivity index (χ2v) is 6.92. The SMILES string of the molecule is CCc1c(SC)nc(-c2ccc(Cl)cc2)nc1-c1ccc(Cl)cc1. The van der Waals surface area contributed by atoms with Crippen LogP contribution in [0.2, 0.25) is 10.0 Å². The maximum Gasteiger partial charge on any atom is 0.161 e. The predicted molar refractivity (Wildman–Crippen MR) is 104 cm³/mol. The summed E-state index contributed by atoms with van der Waals surface area (Å²) in [5.74, 6) is 0.707. The van der Waals surface area contributed by atoms with E-state index in [0.717, 1.165) is 33.8 Å². The van der Waals surface area contributed by atoms with Gasteiger partial charge in [0.25, 0.3) is 0 Å². The highest BCUT2D eigenvalue weighted by molar-refractivity contribution is 7.98. The first-order valence-corrected chi connectivity index (χ1v) is 9.57. The molecule has 0 aliphatic carbocycles. The number of hydrogen-bond acceptors (Lipinski definition) is 3. The van der Waals surface area contributed by atoms with Gasteiger partial charge in [0.15, 0.2) is 5.82 Å². The second-order valence-electron chi connectivity index (χ2n) is 5.25. The molecule has 1 aromatic heterocycles. The maximum absolute atomic E-state index is 6.02. The van der Waals surface area contributed by atoms with E-state index >= 15 is 0 Å². The van der Waals surface area contributed by atoms with Crippen LogP contribution in [0.15, 0.2) is 53.6 Å². The van der Waals surface area contributed by atoms with E-state index < -0.39 is 0 Å². The molecule has 0 N–H and O–H groups in total. The molecular weight excluding hydrogens is 359 g/mol. The molecule has 1 heterocycles. The molecule has 2 nitrogen and oxygen atoms in total. The van der Waals surface area contributed by atoms with Gasteiger partial charge in [0.05, 0.1) is 5.69 Å².